The third kappa shape index (κ3) is 2.75. The summed E-state index contributed by atoms with van der Waals surface area (Å²) in [6, 6.07) is 4.04. The number of carbonyl (C=O) groups excluding carboxylic acids is 1. The van der Waals surface area contributed by atoms with Crippen LogP contribution in [0.4, 0.5) is 0 Å². The molecule has 0 aliphatic carbocycles. The summed E-state index contributed by atoms with van der Waals surface area (Å²) < 4.78 is 2.04. The minimum absolute atomic E-state index is 0.150. The molecule has 4 nitrogen and oxygen atoms in total. The zero-order valence-corrected chi connectivity index (χ0v) is 13.6. The third-order valence-electron chi connectivity index (χ3n) is 4.22. The van der Waals surface area contributed by atoms with E-state index in [0.29, 0.717) is 0 Å². The van der Waals surface area contributed by atoms with E-state index in [0.717, 1.165) is 53.1 Å². The fourth-order valence-corrected chi connectivity index (χ4v) is 3.85. The first kappa shape index (κ1) is 14.3. The molecule has 0 bridgehead atoms. The number of amides is 1. The van der Waals surface area contributed by atoms with E-state index >= 15 is 0 Å². The molecule has 3 rings (SSSR count). The topological polar surface area (TPSA) is 38.1 Å². The van der Waals surface area contributed by atoms with Gasteiger partial charge in [0.1, 0.15) is 9.88 Å². The summed E-state index contributed by atoms with van der Waals surface area (Å²) in [6.45, 7) is 5.93. The predicted octanol–water partition coefficient (Wildman–Crippen LogP) is 3.33. The molecule has 0 radical (unpaired) electrons. The highest BCUT2D eigenvalue weighted by atomic mass is 32.1. The number of likely N-dealkylation sites (tertiary alicyclic amines) is 1. The van der Waals surface area contributed by atoms with Crippen LogP contribution < -0.4 is 0 Å². The first-order valence-electron chi connectivity index (χ1n) is 7.44. The van der Waals surface area contributed by atoms with Crippen molar-refractivity contribution in [2.75, 3.05) is 13.1 Å². The highest BCUT2D eigenvalue weighted by Crippen LogP contribution is 2.29. The number of nitrogens with zero attached hydrogens (tertiary/aromatic N) is 3. The van der Waals surface area contributed by atoms with Crippen molar-refractivity contribution in [3.63, 3.8) is 0 Å². The Morgan fingerprint density at radius 1 is 1.38 bits per heavy atom. The predicted molar refractivity (Wildman–Crippen MR) is 85.6 cm³/mol. The van der Waals surface area contributed by atoms with Crippen LogP contribution in [-0.4, -0.2) is 33.4 Å². The van der Waals surface area contributed by atoms with E-state index < -0.39 is 0 Å². The summed E-state index contributed by atoms with van der Waals surface area (Å²) in [4.78, 5) is 20.1. The molecule has 1 aliphatic rings. The SMILES string of the molecule is Cc1nc(-c2cccn2C)sc1C(=O)N1CCC(C)CC1. The van der Waals surface area contributed by atoms with Gasteiger partial charge in [-0.05, 0) is 37.8 Å². The summed E-state index contributed by atoms with van der Waals surface area (Å²) in [5.74, 6) is 0.882. The average Bonchev–Trinajstić information content (AvgIpc) is 3.05. The maximum absolute atomic E-state index is 12.7. The van der Waals surface area contributed by atoms with Crippen molar-refractivity contribution in [3.05, 3.63) is 28.9 Å². The highest BCUT2D eigenvalue weighted by molar-refractivity contribution is 7.17. The Bertz CT molecular complexity index is 650. The minimum Gasteiger partial charge on any atom is -0.349 e. The first-order chi connectivity index (χ1) is 10.1. The Labute approximate surface area is 129 Å². The number of hydrogen-bond acceptors (Lipinski definition) is 3. The molecule has 21 heavy (non-hydrogen) atoms. The number of rotatable bonds is 2. The molecule has 1 aliphatic heterocycles. The molecule has 2 aromatic heterocycles. The van der Waals surface area contributed by atoms with Crippen molar-refractivity contribution in [1.82, 2.24) is 14.5 Å². The van der Waals surface area contributed by atoms with E-state index in [-0.39, 0.29) is 5.91 Å². The zero-order valence-electron chi connectivity index (χ0n) is 12.8. The second-order valence-corrected chi connectivity index (χ2v) is 6.91. The molecule has 2 aromatic rings. The molecule has 112 valence electrons. The number of aryl methyl sites for hydroxylation is 2. The molecule has 0 saturated carbocycles. The van der Waals surface area contributed by atoms with Gasteiger partial charge in [-0.2, -0.15) is 0 Å². The van der Waals surface area contributed by atoms with E-state index in [1.807, 2.05) is 41.8 Å². The molecule has 3 heterocycles. The van der Waals surface area contributed by atoms with Crippen LogP contribution in [0.1, 0.15) is 35.1 Å². The Balaban J connectivity index is 1.84. The maximum Gasteiger partial charge on any atom is 0.265 e. The van der Waals surface area contributed by atoms with Crippen molar-refractivity contribution in [1.29, 1.82) is 0 Å². The summed E-state index contributed by atoms with van der Waals surface area (Å²) in [5.41, 5.74) is 1.91. The quantitative estimate of drug-likeness (QED) is 0.853. The van der Waals surface area contributed by atoms with Gasteiger partial charge in [-0.25, -0.2) is 4.98 Å². The Hall–Kier alpha value is -1.62. The fourth-order valence-electron chi connectivity index (χ4n) is 2.74. The number of thiazole rings is 1. The molecule has 1 fully saturated rings. The minimum atomic E-state index is 0.150. The van der Waals surface area contributed by atoms with Gasteiger partial charge in [0.2, 0.25) is 0 Å². The number of carbonyl (C=O) groups is 1. The second kappa shape index (κ2) is 5.64. The average molecular weight is 303 g/mol. The molecular formula is C16H21N3OS. The Morgan fingerprint density at radius 3 is 2.71 bits per heavy atom. The van der Waals surface area contributed by atoms with Crippen LogP contribution in [0.3, 0.4) is 0 Å². The first-order valence-corrected chi connectivity index (χ1v) is 8.26. The van der Waals surface area contributed by atoms with Gasteiger partial charge in [0.15, 0.2) is 0 Å². The van der Waals surface area contributed by atoms with Gasteiger partial charge in [-0.3, -0.25) is 4.79 Å². The molecule has 0 aromatic carbocycles. The van der Waals surface area contributed by atoms with E-state index in [9.17, 15) is 4.79 Å². The molecule has 0 atom stereocenters. The second-order valence-electron chi connectivity index (χ2n) is 5.91. The van der Waals surface area contributed by atoms with Crippen molar-refractivity contribution in [3.8, 4) is 10.7 Å². The number of aromatic nitrogens is 2. The molecule has 5 heteroatoms. The molecule has 1 amide bonds. The van der Waals surface area contributed by atoms with Gasteiger partial charge in [-0.15, -0.1) is 11.3 Å². The lowest BCUT2D eigenvalue weighted by Crippen LogP contribution is -2.37. The van der Waals surface area contributed by atoms with Gasteiger partial charge in [-0.1, -0.05) is 6.92 Å². The maximum atomic E-state index is 12.7. The van der Waals surface area contributed by atoms with E-state index in [1.54, 1.807) is 0 Å². The van der Waals surface area contributed by atoms with Gasteiger partial charge in [0.05, 0.1) is 11.4 Å². The summed E-state index contributed by atoms with van der Waals surface area (Å²) in [5, 5.41) is 0.925. The molecule has 1 saturated heterocycles. The van der Waals surface area contributed by atoms with Gasteiger partial charge in [0.25, 0.3) is 5.91 Å². The molecule has 0 spiro atoms. The monoisotopic (exact) mass is 303 g/mol. The van der Waals surface area contributed by atoms with E-state index in [1.165, 1.54) is 11.3 Å². The van der Waals surface area contributed by atoms with Crippen molar-refractivity contribution in [2.24, 2.45) is 13.0 Å². The third-order valence-corrected chi connectivity index (χ3v) is 5.39. The van der Waals surface area contributed by atoms with E-state index in [2.05, 4.69) is 11.9 Å². The Kier molecular flexibility index (Phi) is 3.85. The van der Waals surface area contributed by atoms with Crippen molar-refractivity contribution >= 4 is 17.2 Å². The highest BCUT2D eigenvalue weighted by Gasteiger charge is 2.25. The van der Waals surface area contributed by atoms with Crippen LogP contribution in [-0.2, 0) is 7.05 Å². The lowest BCUT2D eigenvalue weighted by Gasteiger charge is -2.30. The standard InChI is InChI=1S/C16H21N3OS/c1-11-6-9-19(10-7-11)16(20)14-12(2)17-15(21-14)13-5-4-8-18(13)3/h4-5,8,11H,6-7,9-10H2,1-3H3. The molecule has 0 unspecified atom stereocenters. The Morgan fingerprint density at radius 2 is 2.10 bits per heavy atom. The van der Waals surface area contributed by atoms with Crippen molar-refractivity contribution in [2.45, 2.75) is 26.7 Å². The summed E-state index contributed by atoms with van der Waals surface area (Å²) in [7, 11) is 2.00. The zero-order chi connectivity index (χ0) is 15.0. The van der Waals surface area contributed by atoms with Crippen LogP contribution in [0.5, 0.6) is 0 Å². The summed E-state index contributed by atoms with van der Waals surface area (Å²) >= 11 is 1.51. The fraction of sp³-hybridized carbons (Fsp3) is 0.500. The van der Waals surface area contributed by atoms with E-state index in [4.69, 9.17) is 0 Å². The number of hydrogen-bond donors (Lipinski definition) is 0. The normalized spacial score (nSPS) is 16.4. The van der Waals surface area contributed by atoms with Gasteiger partial charge in [0, 0.05) is 26.3 Å². The smallest absolute Gasteiger partial charge is 0.265 e. The summed E-state index contributed by atoms with van der Waals surface area (Å²) in [6.07, 6.45) is 4.21. The van der Waals surface area contributed by atoms with Crippen LogP contribution in [0.15, 0.2) is 18.3 Å². The van der Waals surface area contributed by atoms with Crippen LogP contribution in [0, 0.1) is 12.8 Å². The van der Waals surface area contributed by atoms with Crippen LogP contribution in [0.2, 0.25) is 0 Å². The number of piperidine rings is 1. The lowest BCUT2D eigenvalue weighted by molar-refractivity contribution is 0.0701. The lowest BCUT2D eigenvalue weighted by atomic mass is 9.99. The largest absolute Gasteiger partial charge is 0.349 e. The molecule has 0 N–H and O–H groups in total. The van der Waals surface area contributed by atoms with Gasteiger partial charge < -0.3 is 9.47 Å². The van der Waals surface area contributed by atoms with Crippen LogP contribution >= 0.6 is 11.3 Å². The van der Waals surface area contributed by atoms with Crippen LogP contribution in [0.25, 0.3) is 10.7 Å². The van der Waals surface area contributed by atoms with Gasteiger partial charge >= 0.3 is 0 Å². The molecular weight excluding hydrogens is 282 g/mol. The van der Waals surface area contributed by atoms with Crippen molar-refractivity contribution < 1.29 is 4.79 Å².